The first-order chi connectivity index (χ1) is 10.7. The van der Waals surface area contributed by atoms with Crippen molar-refractivity contribution in [2.75, 3.05) is 11.9 Å². The van der Waals surface area contributed by atoms with E-state index in [2.05, 4.69) is 10.4 Å². The van der Waals surface area contributed by atoms with Gasteiger partial charge in [0.2, 0.25) is 5.91 Å². The summed E-state index contributed by atoms with van der Waals surface area (Å²) in [4.78, 5) is 11.8. The van der Waals surface area contributed by atoms with E-state index in [0.717, 1.165) is 31.8 Å². The smallest absolute Gasteiger partial charge is 0.248 e. The van der Waals surface area contributed by atoms with Gasteiger partial charge in [-0.15, -0.1) is 0 Å². The van der Waals surface area contributed by atoms with Crippen LogP contribution in [0.5, 0.6) is 0 Å². The van der Waals surface area contributed by atoms with Crippen molar-refractivity contribution in [2.45, 2.75) is 32.4 Å². The minimum Gasteiger partial charge on any atom is -0.462 e. The first kappa shape index (κ1) is 14.6. The van der Waals surface area contributed by atoms with Gasteiger partial charge in [-0.3, -0.25) is 9.48 Å². The van der Waals surface area contributed by atoms with Gasteiger partial charge in [-0.25, -0.2) is 0 Å². The fourth-order valence-electron chi connectivity index (χ4n) is 2.41. The molecule has 116 valence electrons. The van der Waals surface area contributed by atoms with Crippen LogP contribution in [0.25, 0.3) is 6.08 Å². The van der Waals surface area contributed by atoms with Crippen molar-refractivity contribution in [3.8, 4) is 0 Å². The highest BCUT2D eigenvalue weighted by molar-refractivity contribution is 6.01. The van der Waals surface area contributed by atoms with Gasteiger partial charge in [0, 0.05) is 18.9 Å². The number of nitrogens with zero attached hydrogens (tertiary/aromatic N) is 2. The summed E-state index contributed by atoms with van der Waals surface area (Å²) < 4.78 is 12.7. The van der Waals surface area contributed by atoms with E-state index in [0.29, 0.717) is 11.4 Å². The summed E-state index contributed by atoms with van der Waals surface area (Å²) in [7, 11) is 0. The normalized spacial score (nSPS) is 18.1. The molecule has 1 fully saturated rings. The Hall–Kier alpha value is -2.34. The molecule has 2 aromatic heterocycles. The second-order valence-electron chi connectivity index (χ2n) is 5.36. The number of hydrogen-bond acceptors (Lipinski definition) is 4. The molecule has 1 atom stereocenters. The van der Waals surface area contributed by atoms with Crippen LogP contribution in [0, 0.1) is 6.92 Å². The number of amides is 1. The number of ether oxygens (including phenoxy) is 1. The van der Waals surface area contributed by atoms with Crippen LogP contribution < -0.4 is 5.32 Å². The van der Waals surface area contributed by atoms with E-state index < -0.39 is 0 Å². The highest BCUT2D eigenvalue weighted by Gasteiger charge is 2.16. The molecular weight excluding hydrogens is 282 g/mol. The van der Waals surface area contributed by atoms with Crippen LogP contribution in [-0.2, 0) is 16.1 Å². The molecule has 22 heavy (non-hydrogen) atoms. The van der Waals surface area contributed by atoms with Crippen LogP contribution in [0.2, 0.25) is 0 Å². The van der Waals surface area contributed by atoms with Crippen molar-refractivity contribution in [1.29, 1.82) is 0 Å². The van der Waals surface area contributed by atoms with E-state index in [9.17, 15) is 4.79 Å². The maximum atomic E-state index is 11.8. The van der Waals surface area contributed by atoms with E-state index in [-0.39, 0.29) is 12.0 Å². The Morgan fingerprint density at radius 1 is 1.55 bits per heavy atom. The fraction of sp³-hybridized carbons (Fsp3) is 0.375. The number of anilines is 1. The van der Waals surface area contributed by atoms with Gasteiger partial charge in [-0.1, -0.05) is 0 Å². The van der Waals surface area contributed by atoms with Crippen LogP contribution in [0.4, 0.5) is 5.69 Å². The maximum Gasteiger partial charge on any atom is 0.248 e. The molecule has 3 rings (SSSR count). The lowest BCUT2D eigenvalue weighted by atomic mass is 10.2. The summed E-state index contributed by atoms with van der Waals surface area (Å²) in [6.45, 7) is 3.41. The second kappa shape index (κ2) is 6.62. The molecule has 0 unspecified atom stereocenters. The van der Waals surface area contributed by atoms with Crippen LogP contribution in [0.3, 0.4) is 0 Å². The Morgan fingerprint density at radius 2 is 2.45 bits per heavy atom. The van der Waals surface area contributed by atoms with Crippen LogP contribution in [-0.4, -0.2) is 28.4 Å². The van der Waals surface area contributed by atoms with Gasteiger partial charge < -0.3 is 14.5 Å². The predicted octanol–water partition coefficient (Wildman–Crippen LogP) is 2.62. The Kier molecular flexibility index (Phi) is 4.39. The topological polar surface area (TPSA) is 69.3 Å². The van der Waals surface area contributed by atoms with Gasteiger partial charge in [0.1, 0.15) is 11.5 Å². The number of nitrogens with one attached hydrogen (secondary N) is 1. The number of hydrogen-bond donors (Lipinski definition) is 1. The number of aromatic nitrogens is 2. The molecule has 1 aliphatic rings. The zero-order chi connectivity index (χ0) is 15.4. The number of rotatable bonds is 5. The molecule has 0 bridgehead atoms. The van der Waals surface area contributed by atoms with Crippen molar-refractivity contribution in [3.63, 3.8) is 0 Å². The molecule has 0 aliphatic carbocycles. The van der Waals surface area contributed by atoms with Crippen molar-refractivity contribution < 1.29 is 13.9 Å². The molecule has 3 heterocycles. The number of furan rings is 1. The van der Waals surface area contributed by atoms with Crippen molar-refractivity contribution >= 4 is 17.7 Å². The molecule has 1 N–H and O–H groups in total. The predicted molar refractivity (Wildman–Crippen MR) is 82.3 cm³/mol. The Labute approximate surface area is 128 Å². The molecule has 1 saturated heterocycles. The average Bonchev–Trinajstić information content (AvgIpc) is 3.21. The van der Waals surface area contributed by atoms with E-state index in [4.69, 9.17) is 9.15 Å². The lowest BCUT2D eigenvalue weighted by molar-refractivity contribution is -0.111. The highest BCUT2D eigenvalue weighted by Crippen LogP contribution is 2.15. The van der Waals surface area contributed by atoms with Crippen LogP contribution in [0.1, 0.15) is 24.4 Å². The van der Waals surface area contributed by atoms with E-state index in [1.165, 1.54) is 6.08 Å². The molecule has 6 heteroatoms. The molecule has 2 aromatic rings. The lowest BCUT2D eigenvalue weighted by Gasteiger charge is -2.08. The quantitative estimate of drug-likeness (QED) is 0.862. The second-order valence-corrected chi connectivity index (χ2v) is 5.36. The monoisotopic (exact) mass is 301 g/mol. The van der Waals surface area contributed by atoms with Crippen molar-refractivity contribution in [2.24, 2.45) is 0 Å². The maximum absolute atomic E-state index is 11.8. The number of carbonyl (C=O) groups excluding carboxylic acids is 1. The van der Waals surface area contributed by atoms with Gasteiger partial charge >= 0.3 is 0 Å². The van der Waals surface area contributed by atoms with Gasteiger partial charge in [0.15, 0.2) is 0 Å². The molecule has 0 aromatic carbocycles. The fourth-order valence-corrected chi connectivity index (χ4v) is 2.41. The third kappa shape index (κ3) is 3.85. The molecule has 6 nitrogen and oxygen atoms in total. The number of carbonyl (C=O) groups is 1. The molecular formula is C16H19N3O3. The zero-order valence-corrected chi connectivity index (χ0v) is 12.5. The summed E-state index contributed by atoms with van der Waals surface area (Å²) in [6.07, 6.45) is 8.92. The van der Waals surface area contributed by atoms with Crippen LogP contribution >= 0.6 is 0 Å². The zero-order valence-electron chi connectivity index (χ0n) is 12.5. The summed E-state index contributed by atoms with van der Waals surface area (Å²) >= 11 is 0. The summed E-state index contributed by atoms with van der Waals surface area (Å²) in [5.74, 6) is 1.25. The Morgan fingerprint density at radius 3 is 3.18 bits per heavy atom. The lowest BCUT2D eigenvalue weighted by Crippen LogP contribution is -2.15. The number of aryl methyl sites for hydroxylation is 1. The van der Waals surface area contributed by atoms with Crippen molar-refractivity contribution in [1.82, 2.24) is 9.78 Å². The van der Waals surface area contributed by atoms with E-state index in [1.54, 1.807) is 17.0 Å². The third-order valence-electron chi connectivity index (χ3n) is 3.48. The molecule has 0 saturated carbocycles. The minimum absolute atomic E-state index is 0.217. The van der Waals surface area contributed by atoms with Gasteiger partial charge in [-0.2, -0.15) is 5.10 Å². The summed E-state index contributed by atoms with van der Waals surface area (Å²) in [5, 5.41) is 7.01. The molecule has 1 amide bonds. The molecule has 0 radical (unpaired) electrons. The van der Waals surface area contributed by atoms with Gasteiger partial charge in [0.25, 0.3) is 0 Å². The average molecular weight is 301 g/mol. The summed E-state index contributed by atoms with van der Waals surface area (Å²) in [6, 6.07) is 3.67. The van der Waals surface area contributed by atoms with Crippen LogP contribution in [0.15, 0.2) is 35.0 Å². The Balaban J connectivity index is 1.53. The van der Waals surface area contributed by atoms with E-state index in [1.807, 2.05) is 25.3 Å². The van der Waals surface area contributed by atoms with Gasteiger partial charge in [-0.05, 0) is 38.0 Å². The highest BCUT2D eigenvalue weighted by atomic mass is 16.5. The van der Waals surface area contributed by atoms with Crippen molar-refractivity contribution in [3.05, 3.63) is 42.1 Å². The first-order valence-electron chi connectivity index (χ1n) is 7.38. The third-order valence-corrected chi connectivity index (χ3v) is 3.48. The van der Waals surface area contributed by atoms with E-state index >= 15 is 0 Å². The SMILES string of the molecule is Cc1ccc(/C=C/C(=O)Nc2cnn(C[C@@H]3CCCO3)c2)o1. The largest absolute Gasteiger partial charge is 0.462 e. The minimum atomic E-state index is -0.217. The first-order valence-corrected chi connectivity index (χ1v) is 7.38. The standard InChI is InChI=1S/C16H19N3O3/c1-12-4-5-14(22-12)6-7-16(20)18-13-9-17-19(10-13)11-15-3-2-8-21-15/h4-7,9-10,15H,2-3,8,11H2,1H3,(H,18,20)/b7-6+/t15-/m0/s1. The molecule has 0 spiro atoms. The van der Waals surface area contributed by atoms with Gasteiger partial charge in [0.05, 0.1) is 24.5 Å². The molecule has 1 aliphatic heterocycles. The Bertz CT molecular complexity index is 666. The summed E-state index contributed by atoms with van der Waals surface area (Å²) in [5.41, 5.74) is 0.670.